The van der Waals surface area contributed by atoms with Crippen LogP contribution in [0.25, 0.3) is 0 Å². The van der Waals surface area contributed by atoms with Crippen LogP contribution in [0.2, 0.25) is 0 Å². The summed E-state index contributed by atoms with van der Waals surface area (Å²) in [5.74, 6) is 2.28. The van der Waals surface area contributed by atoms with Crippen LogP contribution < -0.4 is 14.8 Å². The number of amides is 1. The summed E-state index contributed by atoms with van der Waals surface area (Å²) in [6.07, 6.45) is 3.56. The molecule has 2 aromatic rings. The predicted molar refractivity (Wildman–Crippen MR) is 87.8 cm³/mol. The lowest BCUT2D eigenvalue weighted by Gasteiger charge is -2.14. The predicted octanol–water partition coefficient (Wildman–Crippen LogP) is 2.23. The highest BCUT2D eigenvalue weighted by molar-refractivity contribution is 5.76. The third kappa shape index (κ3) is 3.67. The summed E-state index contributed by atoms with van der Waals surface area (Å²) in [7, 11) is 0. The number of nitrogens with zero attached hydrogens (tertiary/aromatic N) is 3. The van der Waals surface area contributed by atoms with Crippen molar-refractivity contribution in [2.45, 2.75) is 45.7 Å². The molecule has 1 N–H and O–H groups in total. The fourth-order valence-electron chi connectivity index (χ4n) is 2.73. The zero-order chi connectivity index (χ0) is 16.9. The van der Waals surface area contributed by atoms with E-state index in [9.17, 15) is 4.79 Å². The number of ether oxygens (including phenoxy) is 2. The Morgan fingerprint density at radius 3 is 3.04 bits per heavy atom. The number of aromatic nitrogens is 3. The third-order valence-corrected chi connectivity index (χ3v) is 3.92. The van der Waals surface area contributed by atoms with E-state index in [2.05, 4.69) is 22.3 Å². The molecule has 0 fully saturated rings. The molecule has 1 atom stereocenters. The first-order valence-corrected chi connectivity index (χ1v) is 8.23. The number of carbonyl (C=O) groups excluding carboxylic acids is 1. The maximum atomic E-state index is 12.2. The summed E-state index contributed by atoms with van der Waals surface area (Å²) in [5, 5.41) is 7.18. The zero-order valence-electron chi connectivity index (χ0n) is 14.0. The first-order valence-electron chi connectivity index (χ1n) is 8.23. The van der Waals surface area contributed by atoms with E-state index in [0.717, 1.165) is 35.9 Å². The Morgan fingerprint density at radius 1 is 1.38 bits per heavy atom. The minimum atomic E-state index is -0.164. The van der Waals surface area contributed by atoms with Crippen molar-refractivity contribution < 1.29 is 14.3 Å². The Bertz CT molecular complexity index is 714. The fourth-order valence-corrected chi connectivity index (χ4v) is 2.73. The van der Waals surface area contributed by atoms with Gasteiger partial charge in [0.2, 0.25) is 12.7 Å². The molecule has 0 saturated carbocycles. The quantitative estimate of drug-likeness (QED) is 0.842. The van der Waals surface area contributed by atoms with Crippen LogP contribution in [-0.4, -0.2) is 27.5 Å². The van der Waals surface area contributed by atoms with Crippen molar-refractivity contribution >= 4 is 5.91 Å². The first kappa shape index (κ1) is 16.3. The number of rotatable bonds is 7. The van der Waals surface area contributed by atoms with Gasteiger partial charge in [0.25, 0.3) is 0 Å². The average Bonchev–Trinajstić information content (AvgIpc) is 3.21. The highest BCUT2D eigenvalue weighted by Crippen LogP contribution is 2.32. The Balaban J connectivity index is 1.53. The van der Waals surface area contributed by atoms with Gasteiger partial charge in [-0.05, 0) is 37.5 Å². The van der Waals surface area contributed by atoms with Crippen LogP contribution in [0.15, 0.2) is 24.5 Å². The Kier molecular flexibility index (Phi) is 4.98. The van der Waals surface area contributed by atoms with Crippen LogP contribution in [0.4, 0.5) is 0 Å². The lowest BCUT2D eigenvalue weighted by atomic mass is 10.1. The Hall–Kier alpha value is -2.57. The molecule has 0 spiro atoms. The van der Waals surface area contributed by atoms with Crippen molar-refractivity contribution in [3.05, 3.63) is 35.9 Å². The van der Waals surface area contributed by atoms with E-state index >= 15 is 0 Å². The van der Waals surface area contributed by atoms with Gasteiger partial charge in [-0.2, -0.15) is 5.10 Å². The number of hydrogen-bond donors (Lipinski definition) is 1. The van der Waals surface area contributed by atoms with E-state index in [1.54, 1.807) is 0 Å². The highest BCUT2D eigenvalue weighted by atomic mass is 16.7. The maximum Gasteiger partial charge on any atom is 0.231 e. The number of aryl methyl sites for hydroxylation is 2. The molecule has 1 aromatic heterocycles. The summed E-state index contributed by atoms with van der Waals surface area (Å²) in [4.78, 5) is 16.5. The number of carbonyl (C=O) groups is 1. The SMILES string of the molecule is CCCn1ncnc1[C@@H](C)NC(=O)CCc1ccc2c(c1)OCO2. The topological polar surface area (TPSA) is 78.3 Å². The number of fused-ring (bicyclic) bond motifs is 1. The summed E-state index contributed by atoms with van der Waals surface area (Å²) in [6, 6.07) is 5.60. The van der Waals surface area contributed by atoms with Gasteiger partial charge < -0.3 is 14.8 Å². The van der Waals surface area contributed by atoms with Crippen molar-refractivity contribution in [2.75, 3.05) is 6.79 Å². The normalized spacial score (nSPS) is 13.8. The summed E-state index contributed by atoms with van der Waals surface area (Å²) in [6.45, 7) is 5.07. The van der Waals surface area contributed by atoms with E-state index in [1.807, 2.05) is 29.8 Å². The van der Waals surface area contributed by atoms with E-state index in [1.165, 1.54) is 6.33 Å². The molecule has 1 amide bonds. The third-order valence-electron chi connectivity index (χ3n) is 3.92. The monoisotopic (exact) mass is 330 g/mol. The molecule has 128 valence electrons. The minimum absolute atomic E-state index is 0.00813. The van der Waals surface area contributed by atoms with Crippen molar-refractivity contribution in [3.63, 3.8) is 0 Å². The second-order valence-electron chi connectivity index (χ2n) is 5.82. The molecule has 24 heavy (non-hydrogen) atoms. The Labute approximate surface area is 141 Å². The average molecular weight is 330 g/mol. The second kappa shape index (κ2) is 7.33. The van der Waals surface area contributed by atoms with Crippen molar-refractivity contribution in [2.24, 2.45) is 0 Å². The van der Waals surface area contributed by atoms with Crippen LogP contribution in [0.5, 0.6) is 11.5 Å². The molecule has 0 radical (unpaired) electrons. The second-order valence-corrected chi connectivity index (χ2v) is 5.82. The van der Waals surface area contributed by atoms with Gasteiger partial charge in [-0.25, -0.2) is 9.67 Å². The van der Waals surface area contributed by atoms with Crippen LogP contribution in [0.1, 0.15) is 44.1 Å². The first-order chi connectivity index (χ1) is 11.7. The minimum Gasteiger partial charge on any atom is -0.454 e. The van der Waals surface area contributed by atoms with Gasteiger partial charge >= 0.3 is 0 Å². The van der Waals surface area contributed by atoms with Gasteiger partial charge in [0.1, 0.15) is 12.2 Å². The molecule has 1 aliphatic heterocycles. The Morgan fingerprint density at radius 2 is 2.21 bits per heavy atom. The van der Waals surface area contributed by atoms with Crippen molar-refractivity contribution in [3.8, 4) is 11.5 Å². The summed E-state index contributed by atoms with van der Waals surface area (Å²) >= 11 is 0. The molecule has 0 bridgehead atoms. The van der Waals surface area contributed by atoms with Gasteiger partial charge in [-0.3, -0.25) is 4.79 Å². The number of nitrogens with one attached hydrogen (secondary N) is 1. The molecular formula is C17H22N4O3. The van der Waals surface area contributed by atoms with E-state index in [0.29, 0.717) is 12.8 Å². The standard InChI is InChI=1S/C17H22N4O3/c1-3-8-21-17(18-10-19-21)12(2)20-16(22)7-5-13-4-6-14-15(9-13)24-11-23-14/h4,6,9-10,12H,3,5,7-8,11H2,1-2H3,(H,20,22)/t12-/m1/s1. The zero-order valence-corrected chi connectivity index (χ0v) is 14.0. The molecular weight excluding hydrogens is 308 g/mol. The summed E-state index contributed by atoms with van der Waals surface area (Å²) < 4.78 is 12.5. The van der Waals surface area contributed by atoms with Gasteiger partial charge in [0, 0.05) is 13.0 Å². The summed E-state index contributed by atoms with van der Waals surface area (Å²) in [5.41, 5.74) is 1.05. The molecule has 3 rings (SSSR count). The van der Waals surface area contributed by atoms with E-state index in [-0.39, 0.29) is 18.7 Å². The van der Waals surface area contributed by atoms with Crippen LogP contribution in [0, 0.1) is 0 Å². The van der Waals surface area contributed by atoms with Gasteiger partial charge in [0.05, 0.1) is 6.04 Å². The highest BCUT2D eigenvalue weighted by Gasteiger charge is 2.16. The van der Waals surface area contributed by atoms with Crippen LogP contribution in [-0.2, 0) is 17.8 Å². The maximum absolute atomic E-state index is 12.2. The molecule has 1 aliphatic rings. The molecule has 7 nitrogen and oxygen atoms in total. The van der Waals surface area contributed by atoms with Crippen LogP contribution >= 0.6 is 0 Å². The van der Waals surface area contributed by atoms with E-state index in [4.69, 9.17) is 9.47 Å². The van der Waals surface area contributed by atoms with Crippen LogP contribution in [0.3, 0.4) is 0 Å². The molecule has 7 heteroatoms. The van der Waals surface area contributed by atoms with Gasteiger partial charge in [-0.15, -0.1) is 0 Å². The largest absolute Gasteiger partial charge is 0.454 e. The van der Waals surface area contributed by atoms with Crippen molar-refractivity contribution in [1.29, 1.82) is 0 Å². The lowest BCUT2D eigenvalue weighted by molar-refractivity contribution is -0.121. The smallest absolute Gasteiger partial charge is 0.231 e. The molecule has 2 heterocycles. The number of benzene rings is 1. The van der Waals surface area contributed by atoms with E-state index < -0.39 is 0 Å². The number of hydrogen-bond acceptors (Lipinski definition) is 5. The lowest BCUT2D eigenvalue weighted by Crippen LogP contribution is -2.29. The molecule has 1 aromatic carbocycles. The molecule has 0 saturated heterocycles. The van der Waals surface area contributed by atoms with Crippen molar-refractivity contribution in [1.82, 2.24) is 20.1 Å². The molecule has 0 aliphatic carbocycles. The van der Waals surface area contributed by atoms with Gasteiger partial charge in [0.15, 0.2) is 11.5 Å². The molecule has 0 unspecified atom stereocenters. The van der Waals surface area contributed by atoms with Gasteiger partial charge in [-0.1, -0.05) is 13.0 Å². The fraction of sp³-hybridized carbons (Fsp3) is 0.471.